The summed E-state index contributed by atoms with van der Waals surface area (Å²) in [5, 5.41) is 8.18. The first kappa shape index (κ1) is 53.6. The Kier molecular flexibility index (Phi) is 15.9. The summed E-state index contributed by atoms with van der Waals surface area (Å²) in [6, 6.07) is 7.86. The Bertz CT molecular complexity index is 2780. The number of hydrogen-bond acceptors (Lipinski definition) is 12. The molecule has 1 aromatic carbocycles. The standard InChI is InChI=1S/C55H74N10O7S/c1-12-64-44-18-17-37-26-40(44)41(49(64)39-16-13-22-56-47(39)36(4)71-11)28-53(5,6)33-72-34-55(32-66)20-14-25-65(59-55)51(69)42(27-45-57-43(37)31-73-45)58-50(68)48(35(2)3)61(10)52(70)62-29-38(30-62)60(9)46(67)19-21-54(7,8)63-23-15-24-63/h13,16-18,22,26,31-32,35-36,38,42,48,59H,12,14-15,20,23-25,27-30,33-34H2,1-11H3,(H,58,68)/t36-,42-,48-,55-/m0/s1. The van der Waals surface area contributed by atoms with E-state index in [9.17, 15) is 24.0 Å². The number of likely N-dealkylation sites (tertiary alicyclic amines) is 2. The minimum Gasteiger partial charge on any atom is -0.378 e. The number of carbonyl (C=O) groups excluding carboxylic acids is 5. The number of aldehydes is 1. The lowest BCUT2D eigenvalue weighted by atomic mass is 9.84. The van der Waals surface area contributed by atoms with Gasteiger partial charge >= 0.3 is 6.03 Å². The number of methoxy groups -OCH3 is 1. The van der Waals surface area contributed by atoms with Gasteiger partial charge in [-0.05, 0) is 100 Å². The SMILES string of the molecule is CCn1c(-c2cccnc2[C@H](C)OC)c2c3cc(ccc31)-c1csc(n1)C[C@H](NC(=O)[C@H](C(C)C)N(C)C(=O)N1CC(N(C)C(=O)C#CC(C)(C)N3CCC3)C1)C(=O)N1CCC[C@](C=O)(COCC(C)(C)C2)N1. The van der Waals surface area contributed by atoms with E-state index in [4.69, 9.17) is 19.4 Å². The number of benzene rings is 1. The molecule has 0 unspecified atom stereocenters. The molecule has 8 rings (SSSR count). The zero-order valence-corrected chi connectivity index (χ0v) is 45.4. The van der Waals surface area contributed by atoms with Crippen LogP contribution < -0.4 is 10.7 Å². The summed E-state index contributed by atoms with van der Waals surface area (Å²) in [6.07, 6.45) is 5.18. The zero-order chi connectivity index (χ0) is 52.6. The number of ether oxygens (including phenoxy) is 2. The fourth-order valence-electron chi connectivity index (χ4n) is 10.7. The number of nitrogens with one attached hydrogen (secondary N) is 2. The van der Waals surface area contributed by atoms with Crippen molar-refractivity contribution in [1.29, 1.82) is 0 Å². The van der Waals surface area contributed by atoms with Crippen molar-refractivity contribution in [3.05, 3.63) is 58.2 Å². The van der Waals surface area contributed by atoms with Gasteiger partial charge < -0.3 is 38.9 Å². The molecule has 6 bridgehead atoms. The van der Waals surface area contributed by atoms with E-state index in [1.165, 1.54) is 21.2 Å². The maximum absolute atomic E-state index is 14.9. The number of likely N-dealkylation sites (N-methyl/N-ethyl adjacent to an activating group) is 2. The minimum absolute atomic E-state index is 0.0242. The highest BCUT2D eigenvalue weighted by atomic mass is 32.1. The van der Waals surface area contributed by atoms with Crippen LogP contribution in [0.4, 0.5) is 4.79 Å². The number of urea groups is 1. The number of amides is 5. The molecule has 0 spiro atoms. The van der Waals surface area contributed by atoms with Gasteiger partial charge in [0.2, 0.25) is 5.91 Å². The summed E-state index contributed by atoms with van der Waals surface area (Å²) >= 11 is 1.41. The van der Waals surface area contributed by atoms with Crippen LogP contribution in [0.15, 0.2) is 41.9 Å². The molecule has 0 saturated carbocycles. The largest absolute Gasteiger partial charge is 0.378 e. The van der Waals surface area contributed by atoms with Gasteiger partial charge in [-0.25, -0.2) is 15.2 Å². The number of nitrogens with zero attached hydrogens (tertiary/aromatic N) is 8. The maximum atomic E-state index is 14.9. The Morgan fingerprint density at radius 2 is 1.85 bits per heavy atom. The highest BCUT2D eigenvalue weighted by Crippen LogP contribution is 2.42. The lowest BCUT2D eigenvalue weighted by molar-refractivity contribution is -0.147. The number of rotatable bonds is 11. The Morgan fingerprint density at radius 3 is 2.52 bits per heavy atom. The van der Waals surface area contributed by atoms with Crippen LogP contribution in [0.25, 0.3) is 33.4 Å². The smallest absolute Gasteiger partial charge is 0.320 e. The zero-order valence-electron chi connectivity index (χ0n) is 44.5. The van der Waals surface area contributed by atoms with Gasteiger partial charge in [-0.15, -0.1) is 11.3 Å². The summed E-state index contributed by atoms with van der Waals surface area (Å²) in [7, 11) is 4.99. The molecule has 17 nitrogen and oxygen atoms in total. The number of thiazole rings is 1. The van der Waals surface area contributed by atoms with Crippen LogP contribution in [-0.2, 0) is 48.0 Å². The molecule has 4 aromatic rings. The summed E-state index contributed by atoms with van der Waals surface area (Å²) in [4.78, 5) is 86.6. The van der Waals surface area contributed by atoms with E-state index in [1.807, 2.05) is 46.1 Å². The fourth-order valence-corrected chi connectivity index (χ4v) is 11.6. The van der Waals surface area contributed by atoms with Crippen molar-refractivity contribution in [2.45, 2.75) is 129 Å². The molecule has 3 aromatic heterocycles. The van der Waals surface area contributed by atoms with Crippen molar-refractivity contribution >= 4 is 52.3 Å². The molecule has 3 saturated heterocycles. The summed E-state index contributed by atoms with van der Waals surface area (Å²) in [5.41, 5.74) is 8.00. The Labute approximate surface area is 434 Å². The third-order valence-corrected chi connectivity index (χ3v) is 16.1. The second-order valence-electron chi connectivity index (χ2n) is 22.0. The van der Waals surface area contributed by atoms with E-state index >= 15 is 0 Å². The molecule has 0 radical (unpaired) electrons. The molecule has 4 atom stereocenters. The van der Waals surface area contributed by atoms with E-state index in [0.717, 1.165) is 70.5 Å². The molecule has 4 aliphatic rings. The van der Waals surface area contributed by atoms with Crippen LogP contribution in [-0.4, -0.2) is 166 Å². The third-order valence-electron chi connectivity index (χ3n) is 15.3. The third kappa shape index (κ3) is 11.1. The first-order valence-electron chi connectivity index (χ1n) is 25.8. The van der Waals surface area contributed by atoms with Crippen molar-refractivity contribution in [2.75, 3.05) is 67.1 Å². The second-order valence-corrected chi connectivity index (χ2v) is 23.0. The number of fused-ring (bicyclic) bond motifs is 6. The van der Waals surface area contributed by atoms with Crippen LogP contribution in [0.5, 0.6) is 0 Å². The summed E-state index contributed by atoms with van der Waals surface area (Å²) in [5.74, 6) is 4.39. The predicted molar refractivity (Wildman–Crippen MR) is 282 cm³/mol. The topological polar surface area (TPSA) is 175 Å². The fraction of sp³-hybridized carbons (Fsp3) is 0.582. The molecular formula is C55H74N10O7S. The van der Waals surface area contributed by atoms with Gasteiger partial charge in [-0.2, -0.15) is 0 Å². The first-order valence-corrected chi connectivity index (χ1v) is 26.7. The van der Waals surface area contributed by atoms with E-state index in [2.05, 4.69) is 77.1 Å². The molecule has 18 heteroatoms. The predicted octanol–water partition coefficient (Wildman–Crippen LogP) is 5.95. The van der Waals surface area contributed by atoms with Gasteiger partial charge in [-0.1, -0.05) is 39.7 Å². The second kappa shape index (κ2) is 21.6. The Balaban J connectivity index is 1.08. The first-order chi connectivity index (χ1) is 34.7. The van der Waals surface area contributed by atoms with Gasteiger partial charge in [0.05, 0.1) is 53.0 Å². The number of aromatic nitrogens is 3. The molecule has 73 heavy (non-hydrogen) atoms. The van der Waals surface area contributed by atoms with Gasteiger partial charge in [-0.3, -0.25) is 29.3 Å². The molecule has 3 fully saturated rings. The van der Waals surface area contributed by atoms with Gasteiger partial charge in [0, 0.05) is 101 Å². The normalized spacial score (nSPS) is 21.5. The van der Waals surface area contributed by atoms with E-state index in [1.54, 1.807) is 37.2 Å². The van der Waals surface area contributed by atoms with Crippen LogP contribution in [0.3, 0.4) is 0 Å². The van der Waals surface area contributed by atoms with Gasteiger partial charge in [0.15, 0.2) is 0 Å². The van der Waals surface area contributed by atoms with Crippen molar-refractivity contribution in [3.8, 4) is 34.4 Å². The maximum Gasteiger partial charge on any atom is 0.320 e. The van der Waals surface area contributed by atoms with Gasteiger partial charge in [0.25, 0.3) is 11.8 Å². The Hall–Kier alpha value is -5.71. The number of hydrazine groups is 1. The molecule has 7 heterocycles. The minimum atomic E-state index is -1.20. The number of pyridine rings is 1. The lowest BCUT2D eigenvalue weighted by Crippen LogP contribution is -2.67. The lowest BCUT2D eigenvalue weighted by Gasteiger charge is -2.46. The van der Waals surface area contributed by atoms with E-state index in [-0.39, 0.29) is 43.0 Å². The molecule has 2 N–H and O–H groups in total. The summed E-state index contributed by atoms with van der Waals surface area (Å²) < 4.78 is 14.7. The monoisotopic (exact) mass is 1020 g/mol. The highest BCUT2D eigenvalue weighted by Gasteiger charge is 2.43. The molecule has 392 valence electrons. The van der Waals surface area contributed by atoms with Crippen molar-refractivity contribution < 1.29 is 33.4 Å². The summed E-state index contributed by atoms with van der Waals surface area (Å²) in [6.45, 7) is 20.1. The highest BCUT2D eigenvalue weighted by molar-refractivity contribution is 7.10. The molecule has 0 aliphatic carbocycles. The Morgan fingerprint density at radius 1 is 1.10 bits per heavy atom. The number of carbonyl (C=O) groups is 5. The van der Waals surface area contributed by atoms with Crippen molar-refractivity contribution in [3.63, 3.8) is 0 Å². The van der Waals surface area contributed by atoms with Crippen LogP contribution in [0, 0.1) is 23.2 Å². The number of hydrogen-bond donors (Lipinski definition) is 2. The van der Waals surface area contributed by atoms with E-state index in [0.29, 0.717) is 57.1 Å². The van der Waals surface area contributed by atoms with E-state index < -0.39 is 40.4 Å². The van der Waals surface area contributed by atoms with Crippen molar-refractivity contribution in [2.24, 2.45) is 11.3 Å². The van der Waals surface area contributed by atoms with Crippen molar-refractivity contribution in [1.82, 2.24) is 49.9 Å². The molecule has 4 aliphatic heterocycles. The van der Waals surface area contributed by atoms with Gasteiger partial charge in [0.1, 0.15) is 23.9 Å². The van der Waals surface area contributed by atoms with Crippen LogP contribution in [0.2, 0.25) is 0 Å². The van der Waals surface area contributed by atoms with Crippen LogP contribution in [0.1, 0.15) is 97.0 Å². The quantitative estimate of drug-likeness (QED) is 0.134. The molecular weight excluding hydrogens is 945 g/mol. The van der Waals surface area contributed by atoms with Crippen LogP contribution >= 0.6 is 11.3 Å². The number of aryl methyl sites for hydroxylation is 1. The average molecular weight is 1020 g/mol. The average Bonchev–Trinajstić information content (AvgIpc) is 3.92. The molecule has 5 amide bonds.